The summed E-state index contributed by atoms with van der Waals surface area (Å²) in [4.78, 5) is 16.6. The topological polar surface area (TPSA) is 44.8 Å². The molecule has 0 radical (unpaired) electrons. The highest BCUT2D eigenvalue weighted by molar-refractivity contribution is 5.68. The first-order valence-electron chi connectivity index (χ1n) is 8.66. The van der Waals surface area contributed by atoms with Crippen molar-refractivity contribution in [2.45, 2.75) is 51.8 Å². The third kappa shape index (κ3) is 5.13. The van der Waals surface area contributed by atoms with Crippen LogP contribution in [0.15, 0.2) is 24.3 Å². The molecule has 1 heterocycles. The van der Waals surface area contributed by atoms with E-state index < -0.39 is 5.60 Å². The summed E-state index contributed by atoms with van der Waals surface area (Å²) < 4.78 is 5.31. The predicted octanol–water partition coefficient (Wildman–Crippen LogP) is 3.41. The highest BCUT2D eigenvalue weighted by atomic mass is 16.6. The molecule has 1 aromatic rings. The van der Waals surface area contributed by atoms with E-state index in [1.807, 2.05) is 27.7 Å². The Morgan fingerprint density at radius 2 is 1.92 bits per heavy atom. The molecule has 1 fully saturated rings. The molecule has 1 amide bonds. The second-order valence-electron chi connectivity index (χ2n) is 7.81. The molecule has 2 rings (SSSR count). The first-order valence-corrected chi connectivity index (χ1v) is 8.66. The molecule has 0 saturated carbocycles. The van der Waals surface area contributed by atoms with Gasteiger partial charge in [0.2, 0.25) is 0 Å². The van der Waals surface area contributed by atoms with E-state index >= 15 is 0 Å². The van der Waals surface area contributed by atoms with Crippen LogP contribution >= 0.6 is 0 Å². The lowest BCUT2D eigenvalue weighted by atomic mass is 10.1. The minimum absolute atomic E-state index is 0.0815. The van der Waals surface area contributed by atoms with Crippen molar-refractivity contribution >= 4 is 11.8 Å². The first-order chi connectivity index (χ1) is 11.2. The maximum Gasteiger partial charge on any atom is 0.408 e. The van der Waals surface area contributed by atoms with Crippen molar-refractivity contribution in [2.75, 3.05) is 32.1 Å². The van der Waals surface area contributed by atoms with Gasteiger partial charge in [-0.05, 0) is 65.9 Å². The minimum atomic E-state index is -0.480. The van der Waals surface area contributed by atoms with Crippen LogP contribution in [0.1, 0.15) is 45.7 Å². The quantitative estimate of drug-likeness (QED) is 0.917. The summed E-state index contributed by atoms with van der Waals surface area (Å²) in [5, 5.41) is 2.88. The fourth-order valence-corrected chi connectivity index (χ4v) is 2.94. The summed E-state index contributed by atoms with van der Waals surface area (Å²) in [6.07, 6.45) is 0.818. The second-order valence-corrected chi connectivity index (χ2v) is 7.81. The SMILES string of the molecule is C[C@H](NC(=O)OC(C)(C)C)c1ccc(N2CC[C@@H](N(C)C)C2)cc1. The zero-order valence-electron chi connectivity index (χ0n) is 15.8. The van der Waals surface area contributed by atoms with Gasteiger partial charge in [0.1, 0.15) is 5.60 Å². The number of hydrogen-bond donors (Lipinski definition) is 1. The molecule has 0 bridgehead atoms. The maximum absolute atomic E-state index is 11.9. The summed E-state index contributed by atoms with van der Waals surface area (Å²) in [5.74, 6) is 0. The van der Waals surface area contributed by atoms with Crippen molar-refractivity contribution in [3.63, 3.8) is 0 Å². The molecule has 0 spiro atoms. The molecule has 134 valence electrons. The number of rotatable bonds is 4. The lowest BCUT2D eigenvalue weighted by Gasteiger charge is -2.23. The van der Waals surface area contributed by atoms with Crippen molar-refractivity contribution in [2.24, 2.45) is 0 Å². The van der Waals surface area contributed by atoms with E-state index in [4.69, 9.17) is 4.74 Å². The zero-order valence-corrected chi connectivity index (χ0v) is 15.8. The molecular weight excluding hydrogens is 302 g/mol. The zero-order chi connectivity index (χ0) is 17.9. The number of ether oxygens (including phenoxy) is 1. The van der Waals surface area contributed by atoms with Gasteiger partial charge in [-0.25, -0.2) is 4.79 Å². The number of alkyl carbamates (subject to hydrolysis) is 1. The van der Waals surface area contributed by atoms with Crippen LogP contribution in [0.5, 0.6) is 0 Å². The van der Waals surface area contributed by atoms with Crippen LogP contribution in [0.2, 0.25) is 0 Å². The largest absolute Gasteiger partial charge is 0.444 e. The molecule has 0 unspecified atom stereocenters. The van der Waals surface area contributed by atoms with Crippen molar-refractivity contribution in [3.05, 3.63) is 29.8 Å². The van der Waals surface area contributed by atoms with Gasteiger partial charge in [-0.15, -0.1) is 0 Å². The number of hydrogen-bond acceptors (Lipinski definition) is 4. The van der Waals surface area contributed by atoms with E-state index in [0.29, 0.717) is 6.04 Å². The Balaban J connectivity index is 1.93. The van der Waals surface area contributed by atoms with Crippen LogP contribution in [0, 0.1) is 0 Å². The molecule has 1 aromatic carbocycles. The van der Waals surface area contributed by atoms with E-state index in [1.165, 1.54) is 12.1 Å². The fraction of sp³-hybridized carbons (Fsp3) is 0.632. The van der Waals surface area contributed by atoms with Gasteiger partial charge in [0.05, 0.1) is 6.04 Å². The first kappa shape index (κ1) is 18.6. The van der Waals surface area contributed by atoms with Gasteiger partial charge in [-0.3, -0.25) is 0 Å². The molecule has 1 aliphatic rings. The van der Waals surface area contributed by atoms with Gasteiger partial charge in [-0.1, -0.05) is 12.1 Å². The molecule has 1 N–H and O–H groups in total. The number of likely N-dealkylation sites (N-methyl/N-ethyl adjacent to an activating group) is 1. The number of nitrogens with zero attached hydrogens (tertiary/aromatic N) is 2. The van der Waals surface area contributed by atoms with Crippen LogP contribution < -0.4 is 10.2 Å². The molecule has 0 aliphatic carbocycles. The molecule has 0 aromatic heterocycles. The Morgan fingerprint density at radius 3 is 2.42 bits per heavy atom. The Bertz CT molecular complexity index is 549. The fourth-order valence-electron chi connectivity index (χ4n) is 2.94. The number of anilines is 1. The van der Waals surface area contributed by atoms with E-state index in [2.05, 4.69) is 53.5 Å². The third-order valence-corrected chi connectivity index (χ3v) is 4.39. The molecule has 1 saturated heterocycles. The molecule has 5 nitrogen and oxygen atoms in total. The highest BCUT2D eigenvalue weighted by Gasteiger charge is 2.24. The average Bonchev–Trinajstić information content (AvgIpc) is 2.95. The van der Waals surface area contributed by atoms with Crippen molar-refractivity contribution in [1.82, 2.24) is 10.2 Å². The van der Waals surface area contributed by atoms with E-state index in [1.54, 1.807) is 0 Å². The summed E-state index contributed by atoms with van der Waals surface area (Å²) in [5.41, 5.74) is 1.84. The number of carbonyl (C=O) groups excluding carboxylic acids is 1. The summed E-state index contributed by atoms with van der Waals surface area (Å²) in [6, 6.07) is 8.99. The van der Waals surface area contributed by atoms with Gasteiger partial charge in [0.25, 0.3) is 0 Å². The van der Waals surface area contributed by atoms with Crippen LogP contribution in [-0.4, -0.2) is 49.8 Å². The Labute approximate surface area is 146 Å². The third-order valence-electron chi connectivity index (χ3n) is 4.39. The number of carbonyl (C=O) groups is 1. The summed E-state index contributed by atoms with van der Waals surface area (Å²) in [6.45, 7) is 9.72. The number of amides is 1. The highest BCUT2D eigenvalue weighted by Crippen LogP contribution is 2.24. The van der Waals surface area contributed by atoms with Crippen LogP contribution in [0.4, 0.5) is 10.5 Å². The summed E-state index contributed by atoms with van der Waals surface area (Å²) in [7, 11) is 4.28. The van der Waals surface area contributed by atoms with E-state index in [-0.39, 0.29) is 12.1 Å². The van der Waals surface area contributed by atoms with Gasteiger partial charge in [-0.2, -0.15) is 0 Å². The minimum Gasteiger partial charge on any atom is -0.444 e. The molecule has 5 heteroatoms. The standard InChI is InChI=1S/C19H31N3O2/c1-14(20-18(23)24-19(2,3)4)15-7-9-16(10-8-15)22-12-11-17(13-22)21(5)6/h7-10,14,17H,11-13H2,1-6H3,(H,20,23)/t14-,17+/m0/s1. The maximum atomic E-state index is 11.9. The lowest BCUT2D eigenvalue weighted by Crippen LogP contribution is -2.34. The number of nitrogens with one attached hydrogen (secondary N) is 1. The smallest absolute Gasteiger partial charge is 0.408 e. The van der Waals surface area contributed by atoms with Crippen molar-refractivity contribution in [3.8, 4) is 0 Å². The van der Waals surface area contributed by atoms with Crippen molar-refractivity contribution < 1.29 is 9.53 Å². The monoisotopic (exact) mass is 333 g/mol. The second kappa shape index (κ2) is 7.43. The lowest BCUT2D eigenvalue weighted by molar-refractivity contribution is 0.0508. The molecule has 2 atom stereocenters. The van der Waals surface area contributed by atoms with Gasteiger partial charge in [0, 0.05) is 24.8 Å². The van der Waals surface area contributed by atoms with Gasteiger partial charge in [0.15, 0.2) is 0 Å². The van der Waals surface area contributed by atoms with Crippen molar-refractivity contribution in [1.29, 1.82) is 0 Å². The average molecular weight is 333 g/mol. The molecule has 1 aliphatic heterocycles. The number of benzene rings is 1. The Kier molecular flexibility index (Phi) is 5.75. The molecular formula is C19H31N3O2. The van der Waals surface area contributed by atoms with E-state index in [9.17, 15) is 4.79 Å². The van der Waals surface area contributed by atoms with Gasteiger partial charge >= 0.3 is 6.09 Å². The summed E-state index contributed by atoms with van der Waals surface area (Å²) >= 11 is 0. The van der Waals surface area contributed by atoms with Crippen LogP contribution in [-0.2, 0) is 4.74 Å². The normalized spacial score (nSPS) is 19.5. The van der Waals surface area contributed by atoms with Gasteiger partial charge < -0.3 is 19.9 Å². The Hall–Kier alpha value is -1.75. The predicted molar refractivity (Wildman–Crippen MR) is 98.5 cm³/mol. The van der Waals surface area contributed by atoms with Crippen LogP contribution in [0.3, 0.4) is 0 Å². The molecule has 24 heavy (non-hydrogen) atoms. The Morgan fingerprint density at radius 1 is 1.29 bits per heavy atom. The van der Waals surface area contributed by atoms with E-state index in [0.717, 1.165) is 18.7 Å². The van der Waals surface area contributed by atoms with Crippen LogP contribution in [0.25, 0.3) is 0 Å².